The Kier molecular flexibility index (Phi) is 4.97. The topological polar surface area (TPSA) is 26.3 Å². The first-order chi connectivity index (χ1) is 9.15. The number of Topliss-reactive ketones (excluding diaryl/α,β-unsaturated/α-hetero) is 1. The van der Waals surface area contributed by atoms with Gasteiger partial charge in [-0.3, -0.25) is 4.79 Å². The van der Waals surface area contributed by atoms with Crippen LogP contribution in [0, 0.1) is 0 Å². The summed E-state index contributed by atoms with van der Waals surface area (Å²) in [6, 6.07) is 14.4. The molecule has 4 heteroatoms. The Balaban J connectivity index is 1.91. The van der Waals surface area contributed by atoms with E-state index in [4.69, 9.17) is 27.9 Å². The fourth-order valence-corrected chi connectivity index (χ4v) is 2.16. The van der Waals surface area contributed by atoms with Gasteiger partial charge in [0.2, 0.25) is 0 Å². The van der Waals surface area contributed by atoms with Crippen molar-refractivity contribution >= 4 is 29.0 Å². The van der Waals surface area contributed by atoms with Crippen LogP contribution >= 0.6 is 23.2 Å². The van der Waals surface area contributed by atoms with Crippen molar-refractivity contribution in [2.45, 2.75) is 6.61 Å². The molecule has 2 rings (SSSR count). The van der Waals surface area contributed by atoms with E-state index < -0.39 is 0 Å². The van der Waals surface area contributed by atoms with Gasteiger partial charge in [0, 0.05) is 15.6 Å². The van der Waals surface area contributed by atoms with E-state index in [2.05, 4.69) is 0 Å². The summed E-state index contributed by atoms with van der Waals surface area (Å²) in [5.74, 6) is -0.139. The molecule has 0 saturated carbocycles. The first-order valence-corrected chi connectivity index (χ1v) is 6.52. The highest BCUT2D eigenvalue weighted by Gasteiger charge is 2.08. The van der Waals surface area contributed by atoms with Crippen LogP contribution in [-0.2, 0) is 11.3 Å². The molecule has 2 nitrogen and oxygen atoms in total. The maximum absolute atomic E-state index is 11.9. The Labute approximate surface area is 121 Å². The van der Waals surface area contributed by atoms with Gasteiger partial charge >= 0.3 is 0 Å². The zero-order valence-corrected chi connectivity index (χ0v) is 11.6. The van der Waals surface area contributed by atoms with Crippen LogP contribution in [0.15, 0.2) is 48.5 Å². The number of benzene rings is 2. The van der Waals surface area contributed by atoms with E-state index in [1.54, 1.807) is 18.2 Å². The zero-order chi connectivity index (χ0) is 13.7. The molecule has 0 heterocycles. The van der Waals surface area contributed by atoms with E-state index >= 15 is 0 Å². The van der Waals surface area contributed by atoms with Crippen LogP contribution in [0.1, 0.15) is 15.9 Å². The Morgan fingerprint density at radius 3 is 2.26 bits per heavy atom. The lowest BCUT2D eigenvalue weighted by Gasteiger charge is -2.05. The van der Waals surface area contributed by atoms with E-state index in [0.717, 1.165) is 5.56 Å². The first kappa shape index (κ1) is 14.1. The second kappa shape index (κ2) is 6.71. The smallest absolute Gasteiger partial charge is 0.188 e. The molecular weight excluding hydrogens is 283 g/mol. The van der Waals surface area contributed by atoms with Crippen molar-refractivity contribution in [2.75, 3.05) is 6.61 Å². The summed E-state index contributed by atoms with van der Waals surface area (Å²) in [5, 5.41) is 0.887. The predicted molar refractivity (Wildman–Crippen MR) is 76.9 cm³/mol. The number of carbonyl (C=O) groups excluding carboxylic acids is 1. The van der Waals surface area contributed by atoms with Gasteiger partial charge < -0.3 is 4.74 Å². The molecule has 0 unspecified atom stereocenters. The molecule has 0 amide bonds. The summed E-state index contributed by atoms with van der Waals surface area (Å²) >= 11 is 11.7. The molecule has 0 bridgehead atoms. The quantitative estimate of drug-likeness (QED) is 0.764. The fraction of sp³-hybridized carbons (Fsp3) is 0.133. The Morgan fingerprint density at radius 1 is 1.00 bits per heavy atom. The van der Waals surface area contributed by atoms with Gasteiger partial charge in [0.1, 0.15) is 6.61 Å². The number of halogens is 2. The minimum atomic E-state index is -0.139. The third kappa shape index (κ3) is 4.35. The van der Waals surface area contributed by atoms with Crippen molar-refractivity contribution in [2.24, 2.45) is 0 Å². The molecule has 0 N–H and O–H groups in total. The van der Waals surface area contributed by atoms with Crippen molar-refractivity contribution in [3.8, 4) is 0 Å². The van der Waals surface area contributed by atoms with Crippen LogP contribution in [0.4, 0.5) is 0 Å². The van der Waals surface area contributed by atoms with Crippen LogP contribution in [0.5, 0.6) is 0 Å². The molecule has 19 heavy (non-hydrogen) atoms. The lowest BCUT2D eigenvalue weighted by molar-refractivity contribution is 0.0726. The highest BCUT2D eigenvalue weighted by molar-refractivity contribution is 6.35. The average molecular weight is 295 g/mol. The minimum absolute atomic E-state index is 0.00552. The number of hydrogen-bond donors (Lipinski definition) is 0. The molecule has 98 valence electrons. The molecule has 0 saturated heterocycles. The number of carbonyl (C=O) groups is 1. The fourth-order valence-electron chi connectivity index (χ4n) is 1.63. The molecule has 0 atom stereocenters. The lowest BCUT2D eigenvalue weighted by atomic mass is 10.1. The van der Waals surface area contributed by atoms with E-state index in [-0.39, 0.29) is 12.4 Å². The highest BCUT2D eigenvalue weighted by atomic mass is 35.5. The summed E-state index contributed by atoms with van der Waals surface area (Å²) in [7, 11) is 0. The molecule has 0 aliphatic rings. The molecule has 2 aromatic carbocycles. The molecule has 0 radical (unpaired) electrons. The van der Waals surface area contributed by atoms with Gasteiger partial charge in [-0.05, 0) is 23.8 Å². The first-order valence-electron chi connectivity index (χ1n) is 5.76. The summed E-state index contributed by atoms with van der Waals surface area (Å²) in [6.45, 7) is 0.409. The highest BCUT2D eigenvalue weighted by Crippen LogP contribution is 2.19. The summed E-state index contributed by atoms with van der Waals surface area (Å²) in [4.78, 5) is 11.9. The second-order valence-corrected chi connectivity index (χ2v) is 4.93. The molecule has 0 spiro atoms. The largest absolute Gasteiger partial charge is 0.369 e. The lowest BCUT2D eigenvalue weighted by Crippen LogP contribution is -2.09. The van der Waals surface area contributed by atoms with Crippen molar-refractivity contribution in [3.63, 3.8) is 0 Å². The van der Waals surface area contributed by atoms with Crippen LogP contribution in [0.25, 0.3) is 0 Å². The SMILES string of the molecule is O=C(COCc1ccccc1)c1cc(Cl)cc(Cl)c1. The Bertz CT molecular complexity index is 547. The maximum Gasteiger partial charge on any atom is 0.188 e. The molecule has 0 fully saturated rings. The van der Waals surface area contributed by atoms with Gasteiger partial charge in [0.25, 0.3) is 0 Å². The predicted octanol–water partition coefficient (Wildman–Crippen LogP) is 4.39. The van der Waals surface area contributed by atoms with Crippen LogP contribution in [-0.4, -0.2) is 12.4 Å². The normalized spacial score (nSPS) is 10.4. The second-order valence-electron chi connectivity index (χ2n) is 4.06. The standard InChI is InChI=1S/C15H12Cl2O2/c16-13-6-12(7-14(17)8-13)15(18)10-19-9-11-4-2-1-3-5-11/h1-8H,9-10H2. The van der Waals surface area contributed by atoms with E-state index in [1.165, 1.54) is 0 Å². The van der Waals surface area contributed by atoms with Crippen LogP contribution in [0.2, 0.25) is 10.0 Å². The van der Waals surface area contributed by atoms with Gasteiger partial charge in [0.15, 0.2) is 5.78 Å². The third-order valence-electron chi connectivity index (χ3n) is 2.53. The summed E-state index contributed by atoms with van der Waals surface area (Å²) < 4.78 is 5.38. The van der Waals surface area contributed by atoms with E-state index in [9.17, 15) is 4.79 Å². The van der Waals surface area contributed by atoms with Gasteiger partial charge in [-0.1, -0.05) is 53.5 Å². The van der Waals surface area contributed by atoms with Gasteiger partial charge in [0.05, 0.1) is 6.61 Å². The molecule has 0 aliphatic heterocycles. The Hall–Kier alpha value is -1.35. The monoisotopic (exact) mass is 294 g/mol. The number of ether oxygens (including phenoxy) is 1. The maximum atomic E-state index is 11.9. The van der Waals surface area contributed by atoms with E-state index in [0.29, 0.717) is 22.2 Å². The summed E-state index contributed by atoms with van der Waals surface area (Å²) in [6.07, 6.45) is 0. The molecule has 0 aliphatic carbocycles. The van der Waals surface area contributed by atoms with Crippen molar-refractivity contribution < 1.29 is 9.53 Å². The van der Waals surface area contributed by atoms with Crippen LogP contribution < -0.4 is 0 Å². The molecule has 2 aromatic rings. The van der Waals surface area contributed by atoms with Gasteiger partial charge in [-0.2, -0.15) is 0 Å². The van der Waals surface area contributed by atoms with Crippen LogP contribution in [0.3, 0.4) is 0 Å². The molecular formula is C15H12Cl2O2. The Morgan fingerprint density at radius 2 is 1.63 bits per heavy atom. The van der Waals surface area contributed by atoms with E-state index in [1.807, 2.05) is 30.3 Å². The average Bonchev–Trinajstić information content (AvgIpc) is 2.38. The number of ketones is 1. The third-order valence-corrected chi connectivity index (χ3v) is 2.97. The van der Waals surface area contributed by atoms with Crippen molar-refractivity contribution in [3.05, 3.63) is 69.7 Å². The van der Waals surface area contributed by atoms with Crippen molar-refractivity contribution in [1.82, 2.24) is 0 Å². The zero-order valence-electron chi connectivity index (χ0n) is 10.1. The summed E-state index contributed by atoms with van der Waals surface area (Å²) in [5.41, 5.74) is 1.49. The number of hydrogen-bond acceptors (Lipinski definition) is 2. The van der Waals surface area contributed by atoms with Crippen molar-refractivity contribution in [1.29, 1.82) is 0 Å². The van der Waals surface area contributed by atoms with Gasteiger partial charge in [-0.25, -0.2) is 0 Å². The molecule has 0 aromatic heterocycles. The minimum Gasteiger partial charge on any atom is -0.369 e. The number of rotatable bonds is 5. The van der Waals surface area contributed by atoms with Gasteiger partial charge in [-0.15, -0.1) is 0 Å².